The summed E-state index contributed by atoms with van der Waals surface area (Å²) >= 11 is 2.03. The maximum absolute atomic E-state index is 2.35. The molecule has 0 amide bonds. The fourth-order valence-corrected chi connectivity index (χ4v) is 5.87. The van der Waals surface area contributed by atoms with Crippen molar-refractivity contribution in [3.63, 3.8) is 0 Å². The number of hydrogen-bond donors (Lipinski definition) is 0. The van der Waals surface area contributed by atoms with Gasteiger partial charge in [-0.15, -0.1) is 11.8 Å². The molecule has 2 aromatic rings. The zero-order chi connectivity index (χ0) is 17.6. The largest absolute Gasteiger partial charge is 0.106 e. The number of benzene rings is 2. The van der Waals surface area contributed by atoms with Crippen LogP contribution in [0.15, 0.2) is 71.1 Å². The van der Waals surface area contributed by atoms with Gasteiger partial charge >= 0.3 is 0 Å². The van der Waals surface area contributed by atoms with Crippen LogP contribution in [-0.4, -0.2) is 0 Å². The Hall–Kier alpha value is -1.47. The van der Waals surface area contributed by atoms with Crippen LogP contribution in [-0.2, 0) is 4.75 Å². The van der Waals surface area contributed by atoms with E-state index in [1.165, 1.54) is 11.1 Å². The van der Waals surface area contributed by atoms with Gasteiger partial charge in [0.1, 0.15) is 4.75 Å². The SMILES string of the molecule is CC(C)(C)C(=C1SC1(c1ccccc1)c1ccccc1)C(C)(C)C. The molecule has 0 radical (unpaired) electrons. The molecule has 1 saturated heterocycles. The number of allylic oxidation sites excluding steroid dienone is 1. The van der Waals surface area contributed by atoms with Crippen molar-refractivity contribution in [2.24, 2.45) is 10.8 Å². The molecule has 0 aliphatic carbocycles. The predicted molar refractivity (Wildman–Crippen MR) is 107 cm³/mol. The Morgan fingerprint density at radius 1 is 0.667 bits per heavy atom. The summed E-state index contributed by atoms with van der Waals surface area (Å²) in [4.78, 5) is 1.54. The fraction of sp³-hybridized carbons (Fsp3) is 0.391. The second kappa shape index (κ2) is 5.81. The van der Waals surface area contributed by atoms with Crippen LogP contribution in [0, 0.1) is 10.8 Å². The third-order valence-corrected chi connectivity index (χ3v) is 6.11. The molecule has 0 atom stereocenters. The van der Waals surface area contributed by atoms with E-state index < -0.39 is 0 Å². The first kappa shape index (κ1) is 17.4. The van der Waals surface area contributed by atoms with Crippen molar-refractivity contribution in [2.45, 2.75) is 46.3 Å². The third kappa shape index (κ3) is 2.95. The maximum Gasteiger partial charge on any atom is 0.101 e. The molecule has 24 heavy (non-hydrogen) atoms. The van der Waals surface area contributed by atoms with E-state index >= 15 is 0 Å². The average molecular weight is 337 g/mol. The molecule has 1 heteroatoms. The van der Waals surface area contributed by atoms with Gasteiger partial charge in [-0.05, 0) is 27.5 Å². The molecule has 1 fully saturated rings. The van der Waals surface area contributed by atoms with Crippen LogP contribution in [0.5, 0.6) is 0 Å². The minimum atomic E-state index is -0.0155. The smallest absolute Gasteiger partial charge is 0.101 e. The van der Waals surface area contributed by atoms with Gasteiger partial charge in [0.05, 0.1) is 0 Å². The molecular formula is C23H28S. The van der Waals surface area contributed by atoms with E-state index in [1.54, 1.807) is 10.5 Å². The first-order valence-corrected chi connectivity index (χ1v) is 9.55. The summed E-state index contributed by atoms with van der Waals surface area (Å²) in [5.41, 5.74) is 4.68. The number of rotatable bonds is 2. The van der Waals surface area contributed by atoms with Crippen molar-refractivity contribution < 1.29 is 0 Å². The molecule has 126 valence electrons. The van der Waals surface area contributed by atoms with Crippen molar-refractivity contribution in [3.8, 4) is 0 Å². The van der Waals surface area contributed by atoms with Crippen LogP contribution in [0.2, 0.25) is 0 Å². The molecular weight excluding hydrogens is 308 g/mol. The van der Waals surface area contributed by atoms with Crippen LogP contribution >= 0.6 is 11.8 Å². The van der Waals surface area contributed by atoms with Crippen LogP contribution in [0.4, 0.5) is 0 Å². The molecule has 1 aliphatic rings. The van der Waals surface area contributed by atoms with Gasteiger partial charge in [-0.1, -0.05) is 102 Å². The first-order valence-electron chi connectivity index (χ1n) is 8.73. The van der Waals surface area contributed by atoms with Gasteiger partial charge in [0.2, 0.25) is 0 Å². The van der Waals surface area contributed by atoms with E-state index in [-0.39, 0.29) is 15.6 Å². The van der Waals surface area contributed by atoms with Crippen molar-refractivity contribution in [2.75, 3.05) is 0 Å². The first-order chi connectivity index (χ1) is 11.2. The standard InChI is InChI=1S/C23H28S/c1-21(2,3)19(22(4,5)6)20-23(24-20,17-13-9-7-10-14-17)18-15-11-8-12-16-18/h7-16H,1-6H3. The van der Waals surface area contributed by atoms with Gasteiger partial charge in [-0.3, -0.25) is 0 Å². The minimum absolute atomic E-state index is 0.0155. The lowest BCUT2D eigenvalue weighted by Gasteiger charge is -2.34. The van der Waals surface area contributed by atoms with E-state index in [2.05, 4.69) is 102 Å². The Morgan fingerprint density at radius 2 is 1.04 bits per heavy atom. The highest BCUT2D eigenvalue weighted by Gasteiger charge is 2.57. The molecule has 0 bridgehead atoms. The van der Waals surface area contributed by atoms with Crippen molar-refractivity contribution in [1.29, 1.82) is 0 Å². The molecule has 0 unspecified atom stereocenters. The highest BCUT2D eigenvalue weighted by molar-refractivity contribution is 8.12. The predicted octanol–water partition coefficient (Wildman–Crippen LogP) is 7.02. The lowest BCUT2D eigenvalue weighted by Crippen LogP contribution is -2.24. The van der Waals surface area contributed by atoms with Crippen molar-refractivity contribution >= 4 is 11.8 Å². The second-order valence-electron chi connectivity index (χ2n) is 8.72. The molecule has 2 aromatic carbocycles. The van der Waals surface area contributed by atoms with E-state index in [0.717, 1.165) is 0 Å². The zero-order valence-electron chi connectivity index (χ0n) is 15.7. The molecule has 0 nitrogen and oxygen atoms in total. The summed E-state index contributed by atoms with van der Waals surface area (Å²) in [6, 6.07) is 21.9. The highest BCUT2D eigenvalue weighted by atomic mass is 32.2. The normalized spacial score (nSPS) is 16.8. The molecule has 0 saturated carbocycles. The Labute approximate surface area is 151 Å². The van der Waals surface area contributed by atoms with E-state index in [9.17, 15) is 0 Å². The Bertz CT molecular complexity index is 685. The summed E-state index contributed by atoms with van der Waals surface area (Å²) in [5, 5.41) is 0. The molecule has 1 heterocycles. The van der Waals surface area contributed by atoms with Crippen molar-refractivity contribution in [3.05, 3.63) is 82.3 Å². The van der Waals surface area contributed by atoms with Gasteiger partial charge < -0.3 is 0 Å². The van der Waals surface area contributed by atoms with E-state index in [0.29, 0.717) is 0 Å². The number of hydrogen-bond acceptors (Lipinski definition) is 1. The van der Waals surface area contributed by atoms with E-state index in [4.69, 9.17) is 0 Å². The molecule has 3 rings (SSSR count). The quantitative estimate of drug-likeness (QED) is 0.531. The summed E-state index contributed by atoms with van der Waals surface area (Å²) in [6.45, 7) is 14.1. The lowest BCUT2D eigenvalue weighted by molar-refractivity contribution is 0.359. The van der Waals surface area contributed by atoms with Crippen LogP contribution < -0.4 is 0 Å². The summed E-state index contributed by atoms with van der Waals surface area (Å²) < 4.78 is -0.0155. The molecule has 0 spiro atoms. The van der Waals surface area contributed by atoms with Gasteiger partial charge in [0.15, 0.2) is 0 Å². The van der Waals surface area contributed by atoms with Gasteiger partial charge in [0.25, 0.3) is 0 Å². The lowest BCUT2D eigenvalue weighted by atomic mass is 9.70. The topological polar surface area (TPSA) is 0 Å². The van der Waals surface area contributed by atoms with Crippen LogP contribution in [0.3, 0.4) is 0 Å². The summed E-state index contributed by atoms with van der Waals surface area (Å²) in [7, 11) is 0. The third-order valence-electron chi connectivity index (χ3n) is 4.62. The average Bonchev–Trinajstić information content (AvgIpc) is 3.22. The molecule has 0 aromatic heterocycles. The minimum Gasteiger partial charge on any atom is -0.106 e. The molecule has 0 N–H and O–H groups in total. The van der Waals surface area contributed by atoms with Gasteiger partial charge in [-0.25, -0.2) is 0 Å². The molecule has 1 aliphatic heterocycles. The van der Waals surface area contributed by atoms with Crippen LogP contribution in [0.1, 0.15) is 52.7 Å². The number of thioether (sulfide) groups is 1. The Balaban J connectivity index is 2.27. The van der Waals surface area contributed by atoms with Crippen LogP contribution in [0.25, 0.3) is 0 Å². The van der Waals surface area contributed by atoms with E-state index in [1.807, 2.05) is 11.8 Å². The highest BCUT2D eigenvalue weighted by Crippen LogP contribution is 2.72. The van der Waals surface area contributed by atoms with Gasteiger partial charge in [-0.2, -0.15) is 0 Å². The zero-order valence-corrected chi connectivity index (χ0v) is 16.5. The Kier molecular flexibility index (Phi) is 4.20. The Morgan fingerprint density at radius 3 is 1.38 bits per heavy atom. The summed E-state index contributed by atoms with van der Waals surface area (Å²) in [5.74, 6) is 0. The monoisotopic (exact) mass is 336 g/mol. The van der Waals surface area contributed by atoms with Gasteiger partial charge in [0, 0.05) is 4.91 Å². The van der Waals surface area contributed by atoms with Crippen molar-refractivity contribution in [1.82, 2.24) is 0 Å². The second-order valence-corrected chi connectivity index (χ2v) is 9.94. The fourth-order valence-electron chi connectivity index (χ4n) is 4.05. The summed E-state index contributed by atoms with van der Waals surface area (Å²) in [6.07, 6.45) is 0. The maximum atomic E-state index is 2.35.